The van der Waals surface area contributed by atoms with Crippen LogP contribution in [0.5, 0.6) is 0 Å². The molecule has 6 nitrogen and oxygen atoms in total. The normalized spacial score (nSPS) is 21.4. The molecule has 1 aromatic heterocycles. The Morgan fingerprint density at radius 2 is 2.00 bits per heavy atom. The molecule has 1 heterocycles. The third-order valence-electron chi connectivity index (χ3n) is 4.63. The highest BCUT2D eigenvalue weighted by atomic mass is 19.1. The zero-order valence-electron chi connectivity index (χ0n) is 12.5. The van der Waals surface area contributed by atoms with Crippen LogP contribution in [0.15, 0.2) is 18.5 Å². The molecule has 7 heteroatoms. The average molecular weight is 319 g/mol. The topological polar surface area (TPSA) is 98.2 Å². The fraction of sp³-hybridized carbons (Fsp3) is 0.438. The fourth-order valence-electron chi connectivity index (χ4n) is 3.28. The number of aromatic nitrogens is 2. The number of aliphatic carboxylic acids is 1. The lowest BCUT2D eigenvalue weighted by Crippen LogP contribution is -2.23. The number of hydrogen-bond acceptors (Lipinski definition) is 3. The van der Waals surface area contributed by atoms with Gasteiger partial charge in [0.2, 0.25) is 0 Å². The molecule has 0 atom stereocenters. The number of carboxylic acids is 1. The summed E-state index contributed by atoms with van der Waals surface area (Å²) in [5.41, 5.74) is 6.12. The van der Waals surface area contributed by atoms with E-state index in [4.69, 9.17) is 10.8 Å². The number of carboxylic acid groups (broad SMARTS) is 1. The third-order valence-corrected chi connectivity index (χ3v) is 4.63. The van der Waals surface area contributed by atoms with Crippen molar-refractivity contribution in [1.82, 2.24) is 9.55 Å². The maximum Gasteiger partial charge on any atom is 0.306 e. The summed E-state index contributed by atoms with van der Waals surface area (Å²) in [7, 11) is 0. The van der Waals surface area contributed by atoms with Crippen LogP contribution in [0, 0.1) is 17.7 Å². The van der Waals surface area contributed by atoms with Crippen molar-refractivity contribution in [3.8, 4) is 0 Å². The van der Waals surface area contributed by atoms with Crippen LogP contribution >= 0.6 is 0 Å². The van der Waals surface area contributed by atoms with Gasteiger partial charge in [-0.05, 0) is 37.7 Å². The highest BCUT2D eigenvalue weighted by molar-refractivity contribution is 5.96. The van der Waals surface area contributed by atoms with E-state index in [2.05, 4.69) is 4.98 Å². The number of carbonyl (C=O) groups excluding carboxylic acids is 1. The summed E-state index contributed by atoms with van der Waals surface area (Å²) < 4.78 is 15.8. The number of nitrogens with two attached hydrogens (primary N) is 1. The van der Waals surface area contributed by atoms with E-state index >= 15 is 0 Å². The van der Waals surface area contributed by atoms with Crippen molar-refractivity contribution < 1.29 is 19.1 Å². The Bertz CT molecular complexity index is 763. The number of nitrogens with zero attached hydrogens (tertiary/aromatic N) is 2. The second-order valence-electron chi connectivity index (χ2n) is 6.14. The molecule has 1 amide bonds. The quantitative estimate of drug-likeness (QED) is 0.902. The maximum atomic E-state index is 13.9. The van der Waals surface area contributed by atoms with Crippen molar-refractivity contribution in [2.24, 2.45) is 17.6 Å². The molecule has 0 aliphatic heterocycles. The summed E-state index contributed by atoms with van der Waals surface area (Å²) in [6.45, 7) is 0.665. The minimum Gasteiger partial charge on any atom is -0.481 e. The van der Waals surface area contributed by atoms with Crippen molar-refractivity contribution >= 4 is 22.9 Å². The van der Waals surface area contributed by atoms with Crippen LogP contribution in [-0.2, 0) is 11.3 Å². The van der Waals surface area contributed by atoms with Crippen LogP contribution < -0.4 is 5.73 Å². The molecule has 1 fully saturated rings. The van der Waals surface area contributed by atoms with Crippen molar-refractivity contribution in [3.05, 3.63) is 29.8 Å². The molecule has 0 spiro atoms. The first kappa shape index (κ1) is 15.5. The smallest absolute Gasteiger partial charge is 0.306 e. The molecule has 23 heavy (non-hydrogen) atoms. The molecule has 1 aromatic carbocycles. The number of fused-ring (bicyclic) bond motifs is 1. The standard InChI is InChI=1S/C16H18FN3O3/c17-12-6-14-13(5-11(12)15(18)21)19-8-20(14)7-9-1-3-10(4-2-9)16(22)23/h5-6,8-10H,1-4,7H2,(H2,18,21)(H,22,23)/t9-,10-. The third kappa shape index (κ3) is 3.04. The van der Waals surface area contributed by atoms with E-state index in [1.165, 1.54) is 12.1 Å². The van der Waals surface area contributed by atoms with Gasteiger partial charge in [0, 0.05) is 12.6 Å². The number of hydrogen-bond donors (Lipinski definition) is 2. The molecule has 3 rings (SSSR count). The second kappa shape index (κ2) is 5.98. The van der Waals surface area contributed by atoms with Gasteiger partial charge in [-0.15, -0.1) is 0 Å². The molecule has 2 aromatic rings. The average Bonchev–Trinajstić information content (AvgIpc) is 2.89. The highest BCUT2D eigenvalue weighted by Gasteiger charge is 2.26. The molecule has 1 aliphatic rings. The number of primary amides is 1. The molecule has 1 aliphatic carbocycles. The Morgan fingerprint density at radius 3 is 2.61 bits per heavy atom. The van der Waals surface area contributed by atoms with Crippen LogP contribution in [0.2, 0.25) is 0 Å². The number of halogens is 1. The summed E-state index contributed by atoms with van der Waals surface area (Å²) in [6.07, 6.45) is 4.63. The fourth-order valence-corrected chi connectivity index (χ4v) is 3.28. The molecular formula is C16H18FN3O3. The first-order valence-electron chi connectivity index (χ1n) is 7.62. The first-order chi connectivity index (χ1) is 11.0. The summed E-state index contributed by atoms with van der Waals surface area (Å²) in [6, 6.07) is 2.65. The van der Waals surface area contributed by atoms with Crippen LogP contribution in [0.1, 0.15) is 36.0 Å². The van der Waals surface area contributed by atoms with E-state index in [-0.39, 0.29) is 11.5 Å². The number of imidazole rings is 1. The molecule has 0 saturated heterocycles. The zero-order valence-corrected chi connectivity index (χ0v) is 12.5. The largest absolute Gasteiger partial charge is 0.481 e. The van der Waals surface area contributed by atoms with Crippen molar-refractivity contribution in [3.63, 3.8) is 0 Å². The molecule has 122 valence electrons. The van der Waals surface area contributed by atoms with Crippen LogP contribution in [0.25, 0.3) is 11.0 Å². The minimum absolute atomic E-state index is 0.162. The number of carbonyl (C=O) groups is 2. The van der Waals surface area contributed by atoms with Gasteiger partial charge in [0.1, 0.15) is 5.82 Å². The van der Waals surface area contributed by atoms with Crippen molar-refractivity contribution in [2.45, 2.75) is 32.2 Å². The Morgan fingerprint density at radius 1 is 1.30 bits per heavy atom. The summed E-state index contributed by atoms with van der Waals surface area (Å²) >= 11 is 0. The van der Waals surface area contributed by atoms with E-state index < -0.39 is 17.7 Å². The van der Waals surface area contributed by atoms with Gasteiger partial charge in [0.25, 0.3) is 5.91 Å². The minimum atomic E-state index is -0.814. The Balaban J connectivity index is 1.78. The van der Waals surface area contributed by atoms with Crippen molar-refractivity contribution in [1.29, 1.82) is 0 Å². The number of benzene rings is 1. The van der Waals surface area contributed by atoms with Crippen LogP contribution in [-0.4, -0.2) is 26.5 Å². The van der Waals surface area contributed by atoms with Gasteiger partial charge < -0.3 is 15.4 Å². The summed E-state index contributed by atoms with van der Waals surface area (Å²) in [5, 5.41) is 9.03. The number of rotatable bonds is 4. The Hall–Kier alpha value is -2.44. The lowest BCUT2D eigenvalue weighted by molar-refractivity contribution is -0.143. The van der Waals surface area contributed by atoms with E-state index in [0.29, 0.717) is 36.3 Å². The van der Waals surface area contributed by atoms with E-state index in [1.807, 2.05) is 4.57 Å². The van der Waals surface area contributed by atoms with Crippen LogP contribution in [0.3, 0.4) is 0 Å². The SMILES string of the molecule is NC(=O)c1cc2ncn(C[C@H]3CC[C@H](C(=O)O)CC3)c2cc1F. The van der Waals surface area contributed by atoms with Gasteiger partial charge in [-0.3, -0.25) is 9.59 Å². The van der Waals surface area contributed by atoms with Gasteiger partial charge >= 0.3 is 5.97 Å². The predicted molar refractivity (Wildman–Crippen MR) is 81.3 cm³/mol. The summed E-state index contributed by atoms with van der Waals surface area (Å²) in [5.74, 6) is -2.09. The Labute approximate surface area is 132 Å². The highest BCUT2D eigenvalue weighted by Crippen LogP contribution is 2.31. The van der Waals surface area contributed by atoms with E-state index in [0.717, 1.165) is 12.8 Å². The monoisotopic (exact) mass is 319 g/mol. The van der Waals surface area contributed by atoms with E-state index in [9.17, 15) is 14.0 Å². The van der Waals surface area contributed by atoms with Gasteiger partial charge in [-0.2, -0.15) is 0 Å². The van der Waals surface area contributed by atoms with Gasteiger partial charge in [0.15, 0.2) is 0 Å². The van der Waals surface area contributed by atoms with Gasteiger partial charge in [-0.25, -0.2) is 9.37 Å². The van der Waals surface area contributed by atoms with Gasteiger partial charge in [-0.1, -0.05) is 0 Å². The predicted octanol–water partition coefficient (Wildman–Crippen LogP) is 2.17. The lowest BCUT2D eigenvalue weighted by Gasteiger charge is -2.26. The molecule has 0 unspecified atom stereocenters. The molecular weight excluding hydrogens is 301 g/mol. The second-order valence-corrected chi connectivity index (χ2v) is 6.14. The zero-order chi connectivity index (χ0) is 16.6. The van der Waals surface area contributed by atoms with Crippen LogP contribution in [0.4, 0.5) is 4.39 Å². The van der Waals surface area contributed by atoms with Gasteiger partial charge in [0.05, 0.1) is 28.8 Å². The van der Waals surface area contributed by atoms with Crippen molar-refractivity contribution in [2.75, 3.05) is 0 Å². The number of amides is 1. The molecule has 1 saturated carbocycles. The summed E-state index contributed by atoms with van der Waals surface area (Å²) in [4.78, 5) is 26.4. The maximum absolute atomic E-state index is 13.9. The van der Waals surface area contributed by atoms with E-state index in [1.54, 1.807) is 6.33 Å². The molecule has 0 radical (unpaired) electrons. The molecule has 0 bridgehead atoms. The first-order valence-corrected chi connectivity index (χ1v) is 7.62. The molecule has 3 N–H and O–H groups in total. The Kier molecular flexibility index (Phi) is 4.02. The lowest BCUT2D eigenvalue weighted by atomic mass is 9.82.